The minimum absolute atomic E-state index is 0.0178. The highest BCUT2D eigenvalue weighted by Crippen LogP contribution is 2.40. The topological polar surface area (TPSA) is 88.9 Å². The molecule has 1 amide bonds. The fraction of sp³-hybridized carbons (Fsp3) is 0.700. The van der Waals surface area contributed by atoms with Gasteiger partial charge in [-0.25, -0.2) is 14.2 Å². The van der Waals surface area contributed by atoms with Crippen LogP contribution in [0, 0.1) is 5.41 Å². The van der Waals surface area contributed by atoms with Crippen molar-refractivity contribution in [3.05, 3.63) is 23.0 Å². The number of aromatic nitrogens is 2. The number of benzene rings is 1. The van der Waals surface area contributed by atoms with Crippen LogP contribution in [0.3, 0.4) is 0 Å². The largest absolute Gasteiger partial charge is 0.453 e. The number of halogens is 2. The standard InChI is InChI=1S/C30H47ClFN5O4Si/c1-21-19-35(12-11-32)13-14-36(21)25-18-24-26(17-23(25)31)37(20-41-15-16-42(4,5)6)28(34-24)27(38)30(2)9-7-22(8-10-30)33-29(39)40-3/h17-18,21-22H,7-16,19-20H2,1-6H3,(H,33,39). The molecule has 1 aromatic carbocycles. The van der Waals surface area contributed by atoms with E-state index in [1.807, 2.05) is 23.6 Å². The van der Waals surface area contributed by atoms with Crippen molar-refractivity contribution >= 4 is 48.3 Å². The summed E-state index contributed by atoms with van der Waals surface area (Å²) in [6.45, 7) is 14.2. The zero-order valence-corrected chi connectivity index (χ0v) is 27.7. The number of ether oxygens (including phenoxy) is 2. The minimum Gasteiger partial charge on any atom is -0.453 e. The third-order valence-corrected chi connectivity index (χ3v) is 10.8. The van der Waals surface area contributed by atoms with Gasteiger partial charge in [-0.3, -0.25) is 14.3 Å². The number of methoxy groups -OCH3 is 1. The van der Waals surface area contributed by atoms with Crippen LogP contribution in [0.25, 0.3) is 11.0 Å². The van der Waals surface area contributed by atoms with Gasteiger partial charge in [0.2, 0.25) is 5.78 Å². The highest BCUT2D eigenvalue weighted by molar-refractivity contribution is 6.76. The zero-order valence-electron chi connectivity index (χ0n) is 26.0. The molecule has 0 spiro atoms. The third-order valence-electron chi connectivity index (χ3n) is 8.80. The first kappa shape index (κ1) is 32.7. The van der Waals surface area contributed by atoms with Crippen molar-refractivity contribution in [1.29, 1.82) is 0 Å². The molecule has 1 saturated carbocycles. The smallest absolute Gasteiger partial charge is 0.407 e. The van der Waals surface area contributed by atoms with Crippen LogP contribution in [0.1, 0.15) is 50.1 Å². The van der Waals surface area contributed by atoms with Gasteiger partial charge in [0.15, 0.2) is 5.82 Å². The van der Waals surface area contributed by atoms with E-state index in [0.29, 0.717) is 55.2 Å². The highest BCUT2D eigenvalue weighted by atomic mass is 35.5. The highest BCUT2D eigenvalue weighted by Gasteiger charge is 2.41. The Morgan fingerprint density at radius 3 is 2.55 bits per heavy atom. The molecule has 1 atom stereocenters. The Kier molecular flexibility index (Phi) is 10.6. The Balaban J connectivity index is 1.63. The van der Waals surface area contributed by atoms with Crippen molar-refractivity contribution in [2.24, 2.45) is 5.41 Å². The lowest BCUT2D eigenvalue weighted by molar-refractivity contribution is 0.0651. The Bertz CT molecular complexity index is 1260. The second kappa shape index (κ2) is 13.6. The third kappa shape index (κ3) is 7.64. The molecule has 1 saturated heterocycles. The lowest BCUT2D eigenvalue weighted by Gasteiger charge is -2.41. The van der Waals surface area contributed by atoms with E-state index in [2.05, 4.69) is 41.7 Å². The first-order valence-electron chi connectivity index (χ1n) is 15.1. The molecule has 1 unspecified atom stereocenters. The SMILES string of the molecule is COC(=O)NC1CCC(C)(C(=O)c2nc3cc(N4CCN(CCF)CC4C)c(Cl)cc3n2COCC[Si](C)(C)C)CC1. The summed E-state index contributed by atoms with van der Waals surface area (Å²) in [6.07, 6.45) is 2.19. The lowest BCUT2D eigenvalue weighted by Crippen LogP contribution is -2.52. The number of Topliss-reactive ketones (excluding diaryl/α,β-unsaturated/α-hetero) is 1. The second-order valence-electron chi connectivity index (χ2n) is 13.3. The molecular formula is C30H47ClFN5O4Si. The van der Waals surface area contributed by atoms with Crippen molar-refractivity contribution in [2.75, 3.05) is 51.5 Å². The van der Waals surface area contributed by atoms with E-state index < -0.39 is 19.6 Å². The Morgan fingerprint density at radius 2 is 1.93 bits per heavy atom. The minimum atomic E-state index is -1.29. The zero-order chi connectivity index (χ0) is 30.7. The average molecular weight is 624 g/mol. The first-order valence-corrected chi connectivity index (χ1v) is 19.2. The molecule has 1 aliphatic heterocycles. The molecule has 12 heteroatoms. The summed E-state index contributed by atoms with van der Waals surface area (Å²) < 4.78 is 25.7. The quantitative estimate of drug-likeness (QED) is 0.187. The Morgan fingerprint density at radius 1 is 1.21 bits per heavy atom. The predicted octanol–water partition coefficient (Wildman–Crippen LogP) is 5.97. The first-order chi connectivity index (χ1) is 19.8. The fourth-order valence-electron chi connectivity index (χ4n) is 6.03. The van der Waals surface area contributed by atoms with E-state index >= 15 is 0 Å². The molecule has 2 aromatic rings. The molecule has 2 fully saturated rings. The number of piperazine rings is 1. The summed E-state index contributed by atoms with van der Waals surface area (Å²) in [5.74, 6) is 0.365. The van der Waals surface area contributed by atoms with E-state index in [0.717, 1.165) is 36.9 Å². The number of hydrogen-bond donors (Lipinski definition) is 1. The molecule has 4 rings (SSSR count). The molecule has 2 aliphatic rings. The number of amides is 1. The number of alkyl carbamates (subject to hydrolysis) is 1. The van der Waals surface area contributed by atoms with Crippen LogP contribution in [0.2, 0.25) is 30.7 Å². The maximum absolute atomic E-state index is 14.2. The van der Waals surface area contributed by atoms with Gasteiger partial charge in [-0.05, 0) is 50.8 Å². The lowest BCUT2D eigenvalue weighted by atomic mass is 9.71. The Labute approximate surface area is 255 Å². The van der Waals surface area contributed by atoms with Gasteiger partial charge in [0, 0.05) is 58.4 Å². The van der Waals surface area contributed by atoms with E-state index in [4.69, 9.17) is 26.1 Å². The normalized spacial score (nSPS) is 23.8. The maximum atomic E-state index is 14.2. The number of rotatable bonds is 11. The number of hydrogen-bond acceptors (Lipinski definition) is 7. The second-order valence-corrected chi connectivity index (χ2v) is 19.4. The van der Waals surface area contributed by atoms with Gasteiger partial charge in [0.1, 0.15) is 13.4 Å². The van der Waals surface area contributed by atoms with Gasteiger partial charge in [-0.2, -0.15) is 0 Å². The van der Waals surface area contributed by atoms with E-state index in [1.165, 1.54) is 7.11 Å². The molecule has 1 aromatic heterocycles. The molecule has 1 N–H and O–H groups in total. The summed E-state index contributed by atoms with van der Waals surface area (Å²) >= 11 is 6.91. The van der Waals surface area contributed by atoms with Crippen molar-refractivity contribution in [3.63, 3.8) is 0 Å². The van der Waals surface area contributed by atoms with Crippen LogP contribution in [0.4, 0.5) is 14.9 Å². The summed E-state index contributed by atoms with van der Waals surface area (Å²) in [5, 5.41) is 3.46. The average Bonchev–Trinajstić information content (AvgIpc) is 3.28. The van der Waals surface area contributed by atoms with Crippen LogP contribution in [-0.2, 0) is 16.2 Å². The molecule has 9 nitrogen and oxygen atoms in total. The van der Waals surface area contributed by atoms with Crippen molar-refractivity contribution in [1.82, 2.24) is 19.8 Å². The van der Waals surface area contributed by atoms with Crippen LogP contribution in [0.5, 0.6) is 0 Å². The number of imidazole rings is 1. The number of alkyl halides is 1. The van der Waals surface area contributed by atoms with E-state index in [-0.39, 0.29) is 31.3 Å². The number of nitrogens with zero attached hydrogens (tertiary/aromatic N) is 4. The number of fused-ring (bicyclic) bond motifs is 1. The van der Waals surface area contributed by atoms with Gasteiger partial charge in [0.05, 0.1) is 28.9 Å². The van der Waals surface area contributed by atoms with Gasteiger partial charge < -0.3 is 19.7 Å². The predicted molar refractivity (Wildman–Crippen MR) is 168 cm³/mol. The molecule has 42 heavy (non-hydrogen) atoms. The summed E-state index contributed by atoms with van der Waals surface area (Å²) in [5.41, 5.74) is 1.74. The van der Waals surface area contributed by atoms with E-state index in [1.54, 1.807) is 0 Å². The molecule has 0 radical (unpaired) electrons. The Hall–Kier alpha value is -2.21. The summed E-state index contributed by atoms with van der Waals surface area (Å²) in [7, 11) is 0.0667. The number of ketones is 1. The number of anilines is 1. The molecule has 2 heterocycles. The van der Waals surface area contributed by atoms with Gasteiger partial charge in [0.25, 0.3) is 0 Å². The summed E-state index contributed by atoms with van der Waals surface area (Å²) in [6, 6.07) is 5.04. The maximum Gasteiger partial charge on any atom is 0.407 e. The van der Waals surface area contributed by atoms with Crippen molar-refractivity contribution in [2.45, 2.75) is 84.0 Å². The number of carbonyl (C=O) groups is 2. The molecule has 0 bridgehead atoms. The number of nitrogens with one attached hydrogen (secondary N) is 1. The van der Waals surface area contributed by atoms with Gasteiger partial charge in [-0.1, -0.05) is 38.2 Å². The van der Waals surface area contributed by atoms with Gasteiger partial charge >= 0.3 is 6.09 Å². The monoisotopic (exact) mass is 623 g/mol. The van der Waals surface area contributed by atoms with Crippen molar-refractivity contribution in [3.8, 4) is 0 Å². The molecule has 234 valence electrons. The molecule has 1 aliphatic carbocycles. The van der Waals surface area contributed by atoms with Crippen LogP contribution in [-0.4, -0.2) is 93.1 Å². The van der Waals surface area contributed by atoms with Gasteiger partial charge in [-0.15, -0.1) is 0 Å². The van der Waals surface area contributed by atoms with Crippen LogP contribution in [0.15, 0.2) is 12.1 Å². The van der Waals surface area contributed by atoms with E-state index in [9.17, 15) is 14.0 Å². The van der Waals surface area contributed by atoms with Crippen LogP contribution < -0.4 is 10.2 Å². The van der Waals surface area contributed by atoms with Crippen molar-refractivity contribution < 1.29 is 23.5 Å². The molecular weight excluding hydrogens is 577 g/mol. The number of carbonyl (C=O) groups excluding carboxylic acids is 2. The summed E-state index contributed by atoms with van der Waals surface area (Å²) in [4.78, 5) is 35.2. The van der Waals surface area contributed by atoms with Crippen LogP contribution >= 0.6 is 11.6 Å². The fourth-order valence-corrected chi connectivity index (χ4v) is 7.05.